The number of carboxylic acid groups (broad SMARTS) is 1. The van der Waals surface area contributed by atoms with Gasteiger partial charge < -0.3 is 5.11 Å². The Kier molecular flexibility index (Phi) is 3.88. The largest absolute Gasteiger partial charge is 0.481 e. The SMILES string of the molecule is O=C(O)Cc1ccc(S(=O)(=O)Nc2ncsc2C2CC2)cc1. The van der Waals surface area contributed by atoms with Crippen molar-refractivity contribution in [2.45, 2.75) is 30.1 Å². The minimum absolute atomic E-state index is 0.0939. The Morgan fingerprint density at radius 3 is 2.59 bits per heavy atom. The third-order valence-corrected chi connectivity index (χ3v) is 5.71. The molecule has 0 spiro atoms. The molecule has 3 rings (SSSR count). The van der Waals surface area contributed by atoms with Crippen molar-refractivity contribution in [1.29, 1.82) is 0 Å². The Balaban J connectivity index is 1.80. The molecule has 2 N–H and O–H groups in total. The van der Waals surface area contributed by atoms with Crippen LogP contribution in [0.3, 0.4) is 0 Å². The Morgan fingerprint density at radius 2 is 2.00 bits per heavy atom. The highest BCUT2D eigenvalue weighted by Gasteiger charge is 2.29. The topological polar surface area (TPSA) is 96.4 Å². The number of nitrogens with zero attached hydrogens (tertiary/aromatic N) is 1. The van der Waals surface area contributed by atoms with E-state index < -0.39 is 16.0 Å². The van der Waals surface area contributed by atoms with Gasteiger partial charge in [0.2, 0.25) is 0 Å². The number of carboxylic acids is 1. The molecule has 0 saturated heterocycles. The lowest BCUT2D eigenvalue weighted by atomic mass is 10.2. The number of aromatic nitrogens is 1. The third kappa shape index (κ3) is 3.28. The molecule has 1 saturated carbocycles. The maximum absolute atomic E-state index is 12.4. The highest BCUT2D eigenvalue weighted by atomic mass is 32.2. The van der Waals surface area contributed by atoms with Crippen LogP contribution in [0.15, 0.2) is 34.7 Å². The van der Waals surface area contributed by atoms with Gasteiger partial charge in [0.05, 0.1) is 21.7 Å². The molecule has 0 amide bonds. The minimum Gasteiger partial charge on any atom is -0.481 e. The summed E-state index contributed by atoms with van der Waals surface area (Å²) in [4.78, 5) is 15.8. The smallest absolute Gasteiger partial charge is 0.307 e. The van der Waals surface area contributed by atoms with Crippen LogP contribution in [0.4, 0.5) is 5.82 Å². The van der Waals surface area contributed by atoms with Gasteiger partial charge in [0.15, 0.2) is 5.82 Å². The molecule has 0 aliphatic heterocycles. The van der Waals surface area contributed by atoms with E-state index in [1.54, 1.807) is 5.51 Å². The van der Waals surface area contributed by atoms with Crippen molar-refractivity contribution in [3.05, 3.63) is 40.2 Å². The first-order valence-electron chi connectivity index (χ1n) is 6.72. The van der Waals surface area contributed by atoms with Crippen LogP contribution in [-0.2, 0) is 21.2 Å². The van der Waals surface area contributed by atoms with Gasteiger partial charge in [-0.2, -0.15) is 0 Å². The van der Waals surface area contributed by atoms with Gasteiger partial charge in [-0.3, -0.25) is 9.52 Å². The lowest BCUT2D eigenvalue weighted by Gasteiger charge is -2.08. The first-order chi connectivity index (χ1) is 10.5. The molecule has 116 valence electrons. The van der Waals surface area contributed by atoms with Crippen molar-refractivity contribution in [3.63, 3.8) is 0 Å². The summed E-state index contributed by atoms with van der Waals surface area (Å²) in [6.07, 6.45) is 2.01. The summed E-state index contributed by atoms with van der Waals surface area (Å²) in [6, 6.07) is 5.82. The molecule has 1 fully saturated rings. The lowest BCUT2D eigenvalue weighted by Crippen LogP contribution is -2.14. The average Bonchev–Trinajstić information content (AvgIpc) is 3.19. The number of sulfonamides is 1. The molecule has 1 aromatic heterocycles. The summed E-state index contributed by atoms with van der Waals surface area (Å²) >= 11 is 1.46. The summed E-state index contributed by atoms with van der Waals surface area (Å²) in [7, 11) is -3.71. The zero-order valence-corrected chi connectivity index (χ0v) is 13.2. The number of anilines is 1. The summed E-state index contributed by atoms with van der Waals surface area (Å²) < 4.78 is 27.3. The highest BCUT2D eigenvalue weighted by Crippen LogP contribution is 2.45. The van der Waals surface area contributed by atoms with E-state index in [0.717, 1.165) is 17.7 Å². The van der Waals surface area contributed by atoms with Gasteiger partial charge in [0.25, 0.3) is 10.0 Å². The summed E-state index contributed by atoms with van der Waals surface area (Å²) in [6.45, 7) is 0. The number of hydrogen-bond donors (Lipinski definition) is 2. The van der Waals surface area contributed by atoms with E-state index >= 15 is 0 Å². The molecule has 0 unspecified atom stereocenters. The first kappa shape index (κ1) is 15.0. The molecule has 1 aliphatic carbocycles. The molecule has 0 radical (unpaired) electrons. The van der Waals surface area contributed by atoms with Crippen LogP contribution in [0.1, 0.15) is 29.2 Å². The molecular weight excluding hydrogens is 324 g/mol. The summed E-state index contributed by atoms with van der Waals surface area (Å²) in [5.74, 6) is -0.129. The molecule has 0 atom stereocenters. The van der Waals surface area contributed by atoms with Crippen molar-refractivity contribution < 1.29 is 18.3 Å². The number of benzene rings is 1. The Labute approximate surface area is 131 Å². The highest BCUT2D eigenvalue weighted by molar-refractivity contribution is 7.92. The second kappa shape index (κ2) is 5.69. The molecule has 8 heteroatoms. The van der Waals surface area contributed by atoms with Crippen LogP contribution in [0.5, 0.6) is 0 Å². The minimum atomic E-state index is -3.71. The molecular formula is C14H14N2O4S2. The predicted molar refractivity (Wildman–Crippen MR) is 82.7 cm³/mol. The number of nitrogens with one attached hydrogen (secondary N) is 1. The van der Waals surface area contributed by atoms with Crippen LogP contribution in [-0.4, -0.2) is 24.5 Å². The zero-order valence-electron chi connectivity index (χ0n) is 11.5. The number of aliphatic carboxylic acids is 1. The molecule has 1 aliphatic rings. The van der Waals surface area contributed by atoms with Crippen molar-refractivity contribution in [2.75, 3.05) is 4.72 Å². The van der Waals surface area contributed by atoms with Gasteiger partial charge in [-0.05, 0) is 36.5 Å². The Bertz CT molecular complexity index is 793. The van der Waals surface area contributed by atoms with Crippen LogP contribution in [0.2, 0.25) is 0 Å². The lowest BCUT2D eigenvalue weighted by molar-refractivity contribution is -0.136. The standard InChI is InChI=1S/C14H14N2O4S2/c17-12(18)7-9-1-5-11(6-2-9)22(19,20)16-14-13(10-3-4-10)21-8-15-14/h1-2,5-6,8,10,16H,3-4,7H2,(H,17,18). The van der Waals surface area contributed by atoms with E-state index in [9.17, 15) is 13.2 Å². The third-order valence-electron chi connectivity index (χ3n) is 3.36. The molecule has 0 bridgehead atoms. The van der Waals surface area contributed by atoms with Crippen LogP contribution in [0.25, 0.3) is 0 Å². The van der Waals surface area contributed by atoms with E-state index in [0.29, 0.717) is 17.3 Å². The fourth-order valence-corrected chi connectivity index (χ4v) is 4.12. The van der Waals surface area contributed by atoms with Crippen LogP contribution in [0, 0.1) is 0 Å². The number of carbonyl (C=O) groups is 1. The van der Waals surface area contributed by atoms with E-state index in [1.165, 1.54) is 35.6 Å². The molecule has 22 heavy (non-hydrogen) atoms. The van der Waals surface area contributed by atoms with Crippen molar-refractivity contribution in [2.24, 2.45) is 0 Å². The maximum atomic E-state index is 12.4. The van der Waals surface area contributed by atoms with Crippen molar-refractivity contribution in [1.82, 2.24) is 4.98 Å². The van der Waals surface area contributed by atoms with Crippen molar-refractivity contribution >= 4 is 33.1 Å². The first-order valence-corrected chi connectivity index (χ1v) is 9.09. The Morgan fingerprint density at radius 1 is 1.32 bits per heavy atom. The van der Waals surface area contributed by atoms with Crippen LogP contribution >= 0.6 is 11.3 Å². The van der Waals surface area contributed by atoms with Gasteiger partial charge in [-0.1, -0.05) is 12.1 Å². The number of rotatable bonds is 6. The van der Waals surface area contributed by atoms with Crippen LogP contribution < -0.4 is 4.72 Å². The normalized spacial score (nSPS) is 14.7. The van der Waals surface area contributed by atoms with E-state index in [4.69, 9.17) is 5.11 Å². The molecule has 2 aromatic rings. The van der Waals surface area contributed by atoms with Gasteiger partial charge in [-0.25, -0.2) is 13.4 Å². The zero-order chi connectivity index (χ0) is 15.7. The monoisotopic (exact) mass is 338 g/mol. The van der Waals surface area contributed by atoms with Gasteiger partial charge in [0, 0.05) is 0 Å². The Hall–Kier alpha value is -1.93. The number of thiazole rings is 1. The molecule has 1 heterocycles. The van der Waals surface area contributed by atoms with E-state index in [-0.39, 0.29) is 11.3 Å². The van der Waals surface area contributed by atoms with Crippen molar-refractivity contribution in [3.8, 4) is 0 Å². The maximum Gasteiger partial charge on any atom is 0.307 e. The second-order valence-electron chi connectivity index (χ2n) is 5.16. The summed E-state index contributed by atoms with van der Waals surface area (Å²) in [5.41, 5.74) is 2.19. The fourth-order valence-electron chi connectivity index (χ4n) is 2.11. The van der Waals surface area contributed by atoms with E-state index in [2.05, 4.69) is 9.71 Å². The predicted octanol–water partition coefficient (Wildman–Crippen LogP) is 2.45. The van der Waals surface area contributed by atoms with Gasteiger partial charge in [0.1, 0.15) is 0 Å². The average molecular weight is 338 g/mol. The van der Waals surface area contributed by atoms with E-state index in [1.807, 2.05) is 0 Å². The second-order valence-corrected chi connectivity index (χ2v) is 7.73. The number of hydrogen-bond acceptors (Lipinski definition) is 5. The fraction of sp³-hybridized carbons (Fsp3) is 0.286. The van der Waals surface area contributed by atoms with Gasteiger partial charge >= 0.3 is 5.97 Å². The summed E-state index contributed by atoms with van der Waals surface area (Å²) in [5, 5.41) is 8.72. The quantitative estimate of drug-likeness (QED) is 0.843. The van der Waals surface area contributed by atoms with Gasteiger partial charge in [-0.15, -0.1) is 11.3 Å². The molecule has 6 nitrogen and oxygen atoms in total. The molecule has 1 aromatic carbocycles.